The van der Waals surface area contributed by atoms with Crippen LogP contribution in [0.25, 0.3) is 0 Å². The Morgan fingerprint density at radius 3 is 2.46 bits per heavy atom. The van der Waals surface area contributed by atoms with Gasteiger partial charge in [0.15, 0.2) is 0 Å². The summed E-state index contributed by atoms with van der Waals surface area (Å²) in [6.07, 6.45) is 3.33. The predicted molar refractivity (Wildman–Crippen MR) is 111 cm³/mol. The van der Waals surface area contributed by atoms with Crippen molar-refractivity contribution in [1.82, 2.24) is 9.21 Å². The zero-order valence-corrected chi connectivity index (χ0v) is 17.9. The zero-order chi connectivity index (χ0) is 20.7. The summed E-state index contributed by atoms with van der Waals surface area (Å²) in [5, 5.41) is 14.6. The van der Waals surface area contributed by atoms with E-state index in [1.807, 2.05) is 0 Å². The number of nitrogens with zero attached hydrogens (tertiary/aromatic N) is 3. The number of sulfonamides is 1. The van der Waals surface area contributed by atoms with Crippen molar-refractivity contribution >= 4 is 21.4 Å². The van der Waals surface area contributed by atoms with Crippen LogP contribution >= 0.6 is 0 Å². The Hall–Kier alpha value is -1.71. The van der Waals surface area contributed by atoms with Crippen LogP contribution in [0.15, 0.2) is 23.1 Å². The van der Waals surface area contributed by atoms with Gasteiger partial charge in [0.05, 0.1) is 9.82 Å². The van der Waals surface area contributed by atoms with Gasteiger partial charge in [0.2, 0.25) is 10.0 Å². The number of hydrogen-bond donors (Lipinski definition) is 1. The summed E-state index contributed by atoms with van der Waals surface area (Å²) >= 11 is 0. The van der Waals surface area contributed by atoms with E-state index >= 15 is 0 Å². The van der Waals surface area contributed by atoms with Crippen molar-refractivity contribution in [3.8, 4) is 0 Å². The summed E-state index contributed by atoms with van der Waals surface area (Å²) in [7, 11) is -3.72. The zero-order valence-electron chi connectivity index (χ0n) is 17.1. The fourth-order valence-corrected chi connectivity index (χ4v) is 4.97. The molecule has 0 saturated carbocycles. The fraction of sp³-hybridized carbons (Fsp3) is 0.684. The van der Waals surface area contributed by atoms with E-state index < -0.39 is 14.9 Å². The molecule has 8 nitrogen and oxygen atoms in total. The number of anilines is 1. The van der Waals surface area contributed by atoms with E-state index in [0.717, 1.165) is 38.0 Å². The Bertz CT molecular complexity index is 757. The first-order valence-corrected chi connectivity index (χ1v) is 11.5. The molecule has 1 fully saturated rings. The van der Waals surface area contributed by atoms with Crippen LogP contribution in [0, 0.1) is 16.0 Å². The Morgan fingerprint density at radius 1 is 1.25 bits per heavy atom. The van der Waals surface area contributed by atoms with Crippen molar-refractivity contribution < 1.29 is 13.3 Å². The van der Waals surface area contributed by atoms with E-state index in [1.54, 1.807) is 13.8 Å². The van der Waals surface area contributed by atoms with Crippen molar-refractivity contribution in [1.29, 1.82) is 0 Å². The van der Waals surface area contributed by atoms with Crippen molar-refractivity contribution in [2.24, 2.45) is 5.92 Å². The Kier molecular flexibility index (Phi) is 8.21. The number of likely N-dealkylation sites (tertiary alicyclic amines) is 1. The summed E-state index contributed by atoms with van der Waals surface area (Å²) in [6, 6.07) is 4.09. The van der Waals surface area contributed by atoms with Gasteiger partial charge in [0, 0.05) is 25.7 Å². The Labute approximate surface area is 168 Å². The number of rotatable bonds is 10. The summed E-state index contributed by atoms with van der Waals surface area (Å²) in [5.74, 6) is 0.795. The summed E-state index contributed by atoms with van der Waals surface area (Å²) < 4.78 is 26.5. The summed E-state index contributed by atoms with van der Waals surface area (Å²) in [4.78, 5) is 13.3. The second kappa shape index (κ2) is 10.2. The van der Waals surface area contributed by atoms with E-state index in [1.165, 1.54) is 29.3 Å². The molecule has 1 saturated heterocycles. The monoisotopic (exact) mass is 412 g/mol. The van der Waals surface area contributed by atoms with Crippen LogP contribution in [0.4, 0.5) is 11.4 Å². The third-order valence-electron chi connectivity index (χ3n) is 5.35. The largest absolute Gasteiger partial charge is 0.379 e. The summed E-state index contributed by atoms with van der Waals surface area (Å²) in [6.45, 7) is 10.2. The number of nitro groups is 1. The summed E-state index contributed by atoms with van der Waals surface area (Å²) in [5.41, 5.74) is 0.149. The van der Waals surface area contributed by atoms with Gasteiger partial charge in [-0.3, -0.25) is 10.1 Å². The normalized spacial score (nSPS) is 16.4. The molecule has 0 aromatic heterocycles. The fourth-order valence-electron chi connectivity index (χ4n) is 3.50. The number of nitro benzene ring substituents is 1. The molecule has 1 heterocycles. The molecule has 0 amide bonds. The molecule has 2 rings (SSSR count). The molecule has 0 aliphatic carbocycles. The number of piperidine rings is 1. The van der Waals surface area contributed by atoms with Crippen LogP contribution in [0.5, 0.6) is 0 Å². The molecule has 0 radical (unpaired) electrons. The lowest BCUT2D eigenvalue weighted by molar-refractivity contribution is -0.384. The van der Waals surface area contributed by atoms with Crippen molar-refractivity contribution in [2.75, 3.05) is 44.6 Å². The molecule has 0 atom stereocenters. The third kappa shape index (κ3) is 5.65. The van der Waals surface area contributed by atoms with Gasteiger partial charge >= 0.3 is 0 Å². The molecular formula is C19H32N4O4S. The topological polar surface area (TPSA) is 95.8 Å². The highest BCUT2D eigenvalue weighted by molar-refractivity contribution is 7.89. The SMILES string of the molecule is CCN(CC)S(=O)(=O)c1ccc(NCCCN2CCC(C)CC2)c([N+](=O)[O-])c1. The quantitative estimate of drug-likeness (QED) is 0.360. The van der Waals surface area contributed by atoms with E-state index in [-0.39, 0.29) is 10.6 Å². The van der Waals surface area contributed by atoms with E-state index in [2.05, 4.69) is 17.1 Å². The minimum atomic E-state index is -3.72. The molecule has 0 bridgehead atoms. The van der Waals surface area contributed by atoms with Crippen LogP contribution in [0.1, 0.15) is 40.0 Å². The van der Waals surface area contributed by atoms with Crippen molar-refractivity contribution in [3.63, 3.8) is 0 Å². The van der Waals surface area contributed by atoms with Crippen LogP contribution in [-0.4, -0.2) is 61.8 Å². The Morgan fingerprint density at radius 2 is 1.89 bits per heavy atom. The second-order valence-electron chi connectivity index (χ2n) is 7.33. The molecule has 0 unspecified atom stereocenters. The lowest BCUT2D eigenvalue weighted by atomic mass is 9.99. The lowest BCUT2D eigenvalue weighted by Gasteiger charge is -2.30. The molecular weight excluding hydrogens is 380 g/mol. The van der Waals surface area contributed by atoms with E-state index in [4.69, 9.17) is 0 Å². The molecule has 1 N–H and O–H groups in total. The first kappa shape index (κ1) is 22.6. The molecule has 1 aliphatic heterocycles. The van der Waals surface area contributed by atoms with Crippen molar-refractivity contribution in [3.05, 3.63) is 28.3 Å². The van der Waals surface area contributed by atoms with Crippen LogP contribution < -0.4 is 5.32 Å². The molecule has 1 aromatic rings. The van der Waals surface area contributed by atoms with E-state index in [0.29, 0.717) is 25.3 Å². The standard InChI is InChI=1S/C19H32N4O4S/c1-4-22(5-2)28(26,27)17-7-8-18(19(15-17)23(24)25)20-11-6-12-21-13-9-16(3)10-14-21/h7-8,15-16,20H,4-6,9-14H2,1-3H3. The number of hydrogen-bond acceptors (Lipinski definition) is 6. The first-order chi connectivity index (χ1) is 13.3. The molecule has 28 heavy (non-hydrogen) atoms. The molecule has 0 spiro atoms. The maximum atomic E-state index is 12.6. The van der Waals surface area contributed by atoms with Crippen molar-refractivity contribution in [2.45, 2.75) is 44.9 Å². The average Bonchev–Trinajstić information content (AvgIpc) is 2.67. The molecule has 9 heteroatoms. The maximum Gasteiger partial charge on any atom is 0.293 e. The van der Waals surface area contributed by atoms with Gasteiger partial charge in [-0.1, -0.05) is 20.8 Å². The Balaban J connectivity index is 2.02. The highest BCUT2D eigenvalue weighted by Gasteiger charge is 2.25. The predicted octanol–water partition coefficient (Wildman–Crippen LogP) is 3.16. The van der Waals surface area contributed by atoms with Crippen LogP contribution in [0.3, 0.4) is 0 Å². The highest BCUT2D eigenvalue weighted by Crippen LogP contribution is 2.29. The van der Waals surface area contributed by atoms with Gasteiger partial charge in [-0.25, -0.2) is 8.42 Å². The van der Waals surface area contributed by atoms with Gasteiger partial charge < -0.3 is 10.2 Å². The van der Waals surface area contributed by atoms with Crippen LogP contribution in [0.2, 0.25) is 0 Å². The minimum absolute atomic E-state index is 0.0455. The van der Waals surface area contributed by atoms with E-state index in [9.17, 15) is 18.5 Å². The van der Waals surface area contributed by atoms with Gasteiger partial charge in [0.25, 0.3) is 5.69 Å². The van der Waals surface area contributed by atoms with Gasteiger partial charge in [-0.05, 0) is 56.9 Å². The third-order valence-corrected chi connectivity index (χ3v) is 7.40. The number of nitrogens with one attached hydrogen (secondary N) is 1. The molecule has 158 valence electrons. The molecule has 1 aromatic carbocycles. The van der Waals surface area contributed by atoms with Crippen LogP contribution in [-0.2, 0) is 10.0 Å². The average molecular weight is 413 g/mol. The van der Waals surface area contributed by atoms with Gasteiger partial charge in [-0.2, -0.15) is 4.31 Å². The van der Waals surface area contributed by atoms with Gasteiger partial charge in [0.1, 0.15) is 5.69 Å². The minimum Gasteiger partial charge on any atom is -0.379 e. The number of benzene rings is 1. The molecule has 1 aliphatic rings. The first-order valence-electron chi connectivity index (χ1n) is 10.0. The maximum absolute atomic E-state index is 12.6. The second-order valence-corrected chi connectivity index (χ2v) is 9.27. The lowest BCUT2D eigenvalue weighted by Crippen LogP contribution is -2.34. The highest BCUT2D eigenvalue weighted by atomic mass is 32.2. The smallest absolute Gasteiger partial charge is 0.293 e. The van der Waals surface area contributed by atoms with Gasteiger partial charge in [-0.15, -0.1) is 0 Å².